The zero-order valence-corrected chi connectivity index (χ0v) is 9.21. The highest BCUT2D eigenvalue weighted by Gasteiger charge is 2.08. The summed E-state index contributed by atoms with van der Waals surface area (Å²) in [6, 6.07) is 3.32. The van der Waals surface area contributed by atoms with Gasteiger partial charge in [-0.2, -0.15) is 10.2 Å². The zero-order chi connectivity index (χ0) is 12.3. The molecule has 0 saturated carbocycles. The van der Waals surface area contributed by atoms with Gasteiger partial charge < -0.3 is 11.1 Å². The molecule has 0 aromatic carbocycles. The summed E-state index contributed by atoms with van der Waals surface area (Å²) in [5, 5.41) is 9.91. The van der Waals surface area contributed by atoms with Gasteiger partial charge in [-0.05, 0) is 24.6 Å². The molecule has 0 aliphatic rings. The first kappa shape index (κ1) is 11.0. The Balaban J connectivity index is 2.19. The van der Waals surface area contributed by atoms with E-state index in [9.17, 15) is 4.79 Å². The molecule has 0 atom stereocenters. The van der Waals surface area contributed by atoms with E-state index in [-0.39, 0.29) is 5.91 Å². The number of rotatable bonds is 2. The molecule has 2 aromatic rings. The third kappa shape index (κ3) is 2.54. The number of aromatic nitrogens is 3. The molecule has 86 valence electrons. The maximum atomic E-state index is 11.8. The predicted molar refractivity (Wildman–Crippen MR) is 63.4 cm³/mol. The quantitative estimate of drug-likeness (QED) is 0.801. The van der Waals surface area contributed by atoms with Crippen LogP contribution in [-0.4, -0.2) is 21.1 Å². The highest BCUT2D eigenvalue weighted by Crippen LogP contribution is 2.14. The third-order valence-electron chi connectivity index (χ3n) is 2.18. The van der Waals surface area contributed by atoms with E-state index in [2.05, 4.69) is 20.5 Å². The molecule has 17 heavy (non-hydrogen) atoms. The summed E-state index contributed by atoms with van der Waals surface area (Å²) in [6.45, 7) is 1.82. The number of nitrogen functional groups attached to an aromatic ring is 1. The van der Waals surface area contributed by atoms with Crippen LogP contribution in [0.5, 0.6) is 0 Å². The van der Waals surface area contributed by atoms with Gasteiger partial charge in [-0.15, -0.1) is 0 Å². The van der Waals surface area contributed by atoms with E-state index in [0.717, 1.165) is 5.56 Å². The van der Waals surface area contributed by atoms with Gasteiger partial charge in [-0.3, -0.25) is 4.79 Å². The average molecular weight is 229 g/mol. The molecule has 6 nitrogen and oxygen atoms in total. The van der Waals surface area contributed by atoms with Crippen molar-refractivity contribution in [3.63, 3.8) is 0 Å². The maximum absolute atomic E-state index is 11.8. The molecule has 3 N–H and O–H groups in total. The normalized spacial score (nSPS) is 9.94. The fourth-order valence-electron chi connectivity index (χ4n) is 1.33. The Hall–Kier alpha value is -2.50. The van der Waals surface area contributed by atoms with Crippen molar-refractivity contribution >= 4 is 17.4 Å². The Morgan fingerprint density at radius 2 is 2.18 bits per heavy atom. The van der Waals surface area contributed by atoms with E-state index in [0.29, 0.717) is 17.1 Å². The number of hydrogen-bond acceptors (Lipinski definition) is 5. The Labute approximate surface area is 97.9 Å². The van der Waals surface area contributed by atoms with Crippen molar-refractivity contribution < 1.29 is 4.79 Å². The van der Waals surface area contributed by atoms with Gasteiger partial charge in [-0.1, -0.05) is 0 Å². The number of pyridine rings is 1. The molecule has 2 aromatic heterocycles. The van der Waals surface area contributed by atoms with Crippen LogP contribution in [0.25, 0.3) is 0 Å². The van der Waals surface area contributed by atoms with E-state index in [1.54, 1.807) is 12.1 Å². The van der Waals surface area contributed by atoms with Crippen LogP contribution in [0.15, 0.2) is 30.7 Å². The topological polar surface area (TPSA) is 93.8 Å². The number of nitrogens with two attached hydrogens (primary N) is 1. The van der Waals surface area contributed by atoms with Gasteiger partial charge in [0.15, 0.2) is 0 Å². The van der Waals surface area contributed by atoms with Crippen LogP contribution in [0, 0.1) is 6.92 Å². The summed E-state index contributed by atoms with van der Waals surface area (Å²) >= 11 is 0. The Kier molecular flexibility index (Phi) is 2.95. The first-order valence-corrected chi connectivity index (χ1v) is 4.97. The molecule has 2 heterocycles. The summed E-state index contributed by atoms with van der Waals surface area (Å²) in [5.74, 6) is 0.210. The predicted octanol–water partition coefficient (Wildman–Crippen LogP) is 1.01. The van der Waals surface area contributed by atoms with Crippen LogP contribution in [-0.2, 0) is 0 Å². The molecule has 2 rings (SSSR count). The SMILES string of the molecule is Cc1cc(N)cnc1NC(=O)c1ccnnc1. The lowest BCUT2D eigenvalue weighted by Gasteiger charge is -2.07. The minimum Gasteiger partial charge on any atom is -0.397 e. The van der Waals surface area contributed by atoms with Crippen LogP contribution in [0.3, 0.4) is 0 Å². The van der Waals surface area contributed by atoms with Crippen molar-refractivity contribution in [1.29, 1.82) is 0 Å². The largest absolute Gasteiger partial charge is 0.397 e. The highest BCUT2D eigenvalue weighted by atomic mass is 16.1. The average Bonchev–Trinajstić information content (AvgIpc) is 2.34. The van der Waals surface area contributed by atoms with E-state index in [1.807, 2.05) is 6.92 Å². The molecule has 0 unspecified atom stereocenters. The molecule has 0 radical (unpaired) electrons. The molecule has 0 aliphatic heterocycles. The van der Waals surface area contributed by atoms with Crippen molar-refractivity contribution in [3.8, 4) is 0 Å². The van der Waals surface area contributed by atoms with Crippen molar-refractivity contribution in [3.05, 3.63) is 41.9 Å². The van der Waals surface area contributed by atoms with Gasteiger partial charge in [0.05, 0.1) is 29.8 Å². The summed E-state index contributed by atoms with van der Waals surface area (Å²) in [6.07, 6.45) is 4.34. The number of carbonyl (C=O) groups excluding carboxylic acids is 1. The molecule has 0 bridgehead atoms. The number of carbonyl (C=O) groups is 1. The summed E-state index contributed by atoms with van der Waals surface area (Å²) in [5.41, 5.74) is 7.37. The van der Waals surface area contributed by atoms with E-state index in [1.165, 1.54) is 18.6 Å². The Morgan fingerprint density at radius 1 is 1.35 bits per heavy atom. The minimum absolute atomic E-state index is 0.278. The summed E-state index contributed by atoms with van der Waals surface area (Å²) < 4.78 is 0. The van der Waals surface area contributed by atoms with Crippen molar-refractivity contribution in [2.24, 2.45) is 0 Å². The second-order valence-corrected chi connectivity index (χ2v) is 3.52. The van der Waals surface area contributed by atoms with Crippen molar-refractivity contribution in [2.45, 2.75) is 6.92 Å². The first-order chi connectivity index (χ1) is 8.16. The van der Waals surface area contributed by atoms with Crippen LogP contribution in [0.4, 0.5) is 11.5 Å². The van der Waals surface area contributed by atoms with Crippen LogP contribution < -0.4 is 11.1 Å². The highest BCUT2D eigenvalue weighted by molar-refractivity contribution is 6.03. The lowest BCUT2D eigenvalue weighted by Crippen LogP contribution is -2.14. The minimum atomic E-state index is -0.278. The molecular weight excluding hydrogens is 218 g/mol. The number of nitrogens with zero attached hydrogens (tertiary/aromatic N) is 3. The van der Waals surface area contributed by atoms with Gasteiger partial charge in [0.2, 0.25) is 0 Å². The molecular formula is C11H11N5O. The zero-order valence-electron chi connectivity index (χ0n) is 9.21. The van der Waals surface area contributed by atoms with Crippen molar-refractivity contribution in [1.82, 2.24) is 15.2 Å². The molecule has 0 fully saturated rings. The number of hydrogen-bond donors (Lipinski definition) is 2. The van der Waals surface area contributed by atoms with Crippen molar-refractivity contribution in [2.75, 3.05) is 11.1 Å². The molecule has 0 saturated heterocycles. The Morgan fingerprint density at radius 3 is 2.82 bits per heavy atom. The fourth-order valence-corrected chi connectivity index (χ4v) is 1.33. The van der Waals surface area contributed by atoms with E-state index in [4.69, 9.17) is 5.73 Å². The smallest absolute Gasteiger partial charge is 0.258 e. The third-order valence-corrected chi connectivity index (χ3v) is 2.18. The van der Waals surface area contributed by atoms with Gasteiger partial charge in [-0.25, -0.2) is 4.98 Å². The summed E-state index contributed by atoms with van der Waals surface area (Å²) in [7, 11) is 0. The molecule has 0 aliphatic carbocycles. The molecule has 1 amide bonds. The number of amides is 1. The molecule has 6 heteroatoms. The lowest BCUT2D eigenvalue weighted by molar-refractivity contribution is 0.102. The van der Waals surface area contributed by atoms with E-state index < -0.39 is 0 Å². The van der Waals surface area contributed by atoms with Crippen LogP contribution in [0.2, 0.25) is 0 Å². The van der Waals surface area contributed by atoms with Crippen LogP contribution in [0.1, 0.15) is 15.9 Å². The Bertz CT molecular complexity index is 541. The summed E-state index contributed by atoms with van der Waals surface area (Å²) in [4.78, 5) is 15.9. The standard InChI is InChI=1S/C11H11N5O/c1-7-4-9(12)6-13-10(7)16-11(17)8-2-3-14-15-5-8/h2-6H,12H2,1H3,(H,13,16,17). The second-order valence-electron chi connectivity index (χ2n) is 3.52. The van der Waals surface area contributed by atoms with Crippen LogP contribution >= 0.6 is 0 Å². The number of aryl methyl sites for hydroxylation is 1. The lowest BCUT2D eigenvalue weighted by atomic mass is 10.2. The van der Waals surface area contributed by atoms with E-state index >= 15 is 0 Å². The van der Waals surface area contributed by atoms with Gasteiger partial charge in [0.1, 0.15) is 5.82 Å². The first-order valence-electron chi connectivity index (χ1n) is 4.97. The van der Waals surface area contributed by atoms with Gasteiger partial charge in [0.25, 0.3) is 5.91 Å². The van der Waals surface area contributed by atoms with Gasteiger partial charge >= 0.3 is 0 Å². The fraction of sp³-hybridized carbons (Fsp3) is 0.0909. The number of anilines is 2. The number of nitrogens with one attached hydrogen (secondary N) is 1. The monoisotopic (exact) mass is 229 g/mol. The molecule has 0 spiro atoms. The van der Waals surface area contributed by atoms with Gasteiger partial charge in [0, 0.05) is 0 Å². The maximum Gasteiger partial charge on any atom is 0.258 e. The second kappa shape index (κ2) is 4.56.